The highest BCUT2D eigenvalue weighted by atomic mass is 32.2. The molecule has 0 amide bonds. The number of benzene rings is 3. The highest BCUT2D eigenvalue weighted by molar-refractivity contribution is 7.99. The van der Waals surface area contributed by atoms with E-state index in [2.05, 4.69) is 0 Å². The third-order valence-corrected chi connectivity index (χ3v) is 7.70. The summed E-state index contributed by atoms with van der Waals surface area (Å²) in [7, 11) is 0. The minimum Gasteiger partial charge on any atom is -0.390 e. The van der Waals surface area contributed by atoms with Crippen molar-refractivity contribution in [2.75, 3.05) is 5.75 Å². The van der Waals surface area contributed by atoms with Gasteiger partial charge in [0.2, 0.25) is 0 Å². The lowest BCUT2D eigenvalue weighted by atomic mass is 9.73. The monoisotopic (exact) mass is 478 g/mol. The molecule has 5 heteroatoms. The number of aliphatic hydroxyl groups excluding tert-OH is 1. The van der Waals surface area contributed by atoms with E-state index in [4.69, 9.17) is 4.74 Å². The molecule has 0 saturated carbocycles. The van der Waals surface area contributed by atoms with Crippen molar-refractivity contribution in [3.8, 4) is 0 Å². The molecule has 1 fully saturated rings. The summed E-state index contributed by atoms with van der Waals surface area (Å²) >= 11 is 1.52. The molecule has 4 nitrogen and oxygen atoms in total. The van der Waals surface area contributed by atoms with Crippen LogP contribution in [0.5, 0.6) is 0 Å². The van der Waals surface area contributed by atoms with Crippen LogP contribution in [0.2, 0.25) is 0 Å². The van der Waals surface area contributed by atoms with Crippen molar-refractivity contribution in [1.82, 2.24) is 0 Å². The first-order chi connectivity index (χ1) is 16.4. The van der Waals surface area contributed by atoms with Gasteiger partial charge in [-0.1, -0.05) is 97.9 Å². The maximum Gasteiger partial charge on any atom is 0.133 e. The van der Waals surface area contributed by atoms with E-state index in [-0.39, 0.29) is 12.8 Å². The van der Waals surface area contributed by atoms with E-state index >= 15 is 0 Å². The maximum atomic E-state index is 12.1. The second-order valence-corrected chi connectivity index (χ2v) is 10.6. The SMILES string of the molecule is CCS[C@@H]1O[C@H](C(O)Cc2ccccc2)[C@](O)(Cc2ccccc2)C[C@]1(O)Cc1ccccc1. The van der Waals surface area contributed by atoms with E-state index < -0.39 is 28.8 Å². The van der Waals surface area contributed by atoms with Gasteiger partial charge in [-0.2, -0.15) is 0 Å². The van der Waals surface area contributed by atoms with Gasteiger partial charge in [-0.3, -0.25) is 0 Å². The fourth-order valence-electron chi connectivity index (χ4n) is 5.07. The zero-order chi connectivity index (χ0) is 24.0. The van der Waals surface area contributed by atoms with Crippen LogP contribution < -0.4 is 0 Å². The molecule has 0 bridgehead atoms. The Labute approximate surface area is 206 Å². The molecule has 1 saturated heterocycles. The Hall–Kier alpha value is -2.15. The van der Waals surface area contributed by atoms with Crippen LogP contribution in [0.25, 0.3) is 0 Å². The van der Waals surface area contributed by atoms with Crippen molar-refractivity contribution in [3.63, 3.8) is 0 Å². The van der Waals surface area contributed by atoms with Crippen LogP contribution in [0.3, 0.4) is 0 Å². The van der Waals surface area contributed by atoms with Gasteiger partial charge in [0.15, 0.2) is 0 Å². The lowest BCUT2D eigenvalue weighted by Gasteiger charge is -2.52. The Bertz CT molecular complexity index is 1020. The number of hydrogen-bond donors (Lipinski definition) is 3. The molecule has 0 aromatic heterocycles. The molecule has 1 aliphatic heterocycles. The fourth-order valence-corrected chi connectivity index (χ4v) is 6.04. The first-order valence-corrected chi connectivity index (χ1v) is 13.0. The molecular formula is C29H34O4S. The van der Waals surface area contributed by atoms with Crippen LogP contribution in [0.1, 0.15) is 30.0 Å². The Morgan fingerprint density at radius 3 is 1.76 bits per heavy atom. The zero-order valence-corrected chi connectivity index (χ0v) is 20.4. The average Bonchev–Trinajstić information content (AvgIpc) is 2.82. The average molecular weight is 479 g/mol. The minimum atomic E-state index is -1.44. The number of hydrogen-bond acceptors (Lipinski definition) is 5. The molecule has 0 aliphatic carbocycles. The highest BCUT2D eigenvalue weighted by Gasteiger charge is 2.56. The molecule has 3 aromatic carbocycles. The van der Waals surface area contributed by atoms with Crippen molar-refractivity contribution < 1.29 is 20.1 Å². The first kappa shape index (κ1) is 25.0. The Kier molecular flexibility index (Phi) is 8.12. The molecule has 3 aromatic rings. The van der Waals surface area contributed by atoms with Gasteiger partial charge in [-0.25, -0.2) is 0 Å². The molecule has 34 heavy (non-hydrogen) atoms. The summed E-state index contributed by atoms with van der Waals surface area (Å²) in [6.45, 7) is 2.02. The largest absolute Gasteiger partial charge is 0.390 e. The number of aliphatic hydroxyl groups is 3. The normalized spacial score (nSPS) is 27.9. The molecule has 3 N–H and O–H groups in total. The first-order valence-electron chi connectivity index (χ1n) is 11.9. The molecule has 1 unspecified atom stereocenters. The molecular weight excluding hydrogens is 444 g/mol. The van der Waals surface area contributed by atoms with Crippen LogP contribution in [0, 0.1) is 0 Å². The summed E-state index contributed by atoms with van der Waals surface area (Å²) in [5.74, 6) is 0.750. The summed E-state index contributed by atoms with van der Waals surface area (Å²) in [4.78, 5) is 0. The summed E-state index contributed by atoms with van der Waals surface area (Å²) < 4.78 is 6.45. The van der Waals surface area contributed by atoms with E-state index in [0.29, 0.717) is 12.8 Å². The van der Waals surface area contributed by atoms with E-state index in [9.17, 15) is 15.3 Å². The molecule has 0 radical (unpaired) electrons. The van der Waals surface area contributed by atoms with Crippen LogP contribution in [0.15, 0.2) is 91.0 Å². The van der Waals surface area contributed by atoms with Gasteiger partial charge in [-0.05, 0) is 22.4 Å². The predicted octanol–water partition coefficient (Wildman–Crippen LogP) is 4.41. The smallest absolute Gasteiger partial charge is 0.133 e. The Morgan fingerprint density at radius 2 is 1.26 bits per heavy atom. The number of ether oxygens (including phenoxy) is 1. The zero-order valence-electron chi connectivity index (χ0n) is 19.6. The second kappa shape index (κ2) is 11.1. The fraction of sp³-hybridized carbons (Fsp3) is 0.379. The third kappa shape index (κ3) is 5.91. The summed E-state index contributed by atoms with van der Waals surface area (Å²) in [5.41, 5.74) is -0.386. The van der Waals surface area contributed by atoms with Gasteiger partial charge in [0.25, 0.3) is 0 Å². The van der Waals surface area contributed by atoms with E-state index in [1.165, 1.54) is 11.8 Å². The van der Waals surface area contributed by atoms with Crippen LogP contribution >= 0.6 is 11.8 Å². The number of thioether (sulfide) groups is 1. The molecule has 4 rings (SSSR count). The lowest BCUT2D eigenvalue weighted by molar-refractivity contribution is -0.251. The van der Waals surface area contributed by atoms with Crippen molar-refractivity contribution in [1.29, 1.82) is 0 Å². The molecule has 1 heterocycles. The quantitative estimate of drug-likeness (QED) is 0.425. The second-order valence-electron chi connectivity index (χ2n) is 9.31. The van der Waals surface area contributed by atoms with Crippen LogP contribution in [-0.2, 0) is 24.0 Å². The molecule has 180 valence electrons. The summed E-state index contributed by atoms with van der Waals surface area (Å²) in [6, 6.07) is 29.3. The van der Waals surface area contributed by atoms with Gasteiger partial charge in [0.05, 0.1) is 6.10 Å². The minimum absolute atomic E-state index is 0.109. The van der Waals surface area contributed by atoms with E-state index in [1.807, 2.05) is 97.9 Å². The maximum absolute atomic E-state index is 12.1. The topological polar surface area (TPSA) is 69.9 Å². The summed E-state index contributed by atoms with van der Waals surface area (Å²) in [5, 5.41) is 35.3. The molecule has 0 spiro atoms. The standard InChI is InChI=1S/C29H34O4S/c1-2-34-27-29(32,20-24-16-10-5-11-17-24)21-28(31,19-23-14-8-4-9-15-23)26(33-27)25(30)18-22-12-6-3-7-13-22/h3-17,25-27,30-32H,2,18-21H2,1H3/t25?,26-,27+,28+,29-/m1/s1. The van der Waals surface area contributed by atoms with Crippen molar-refractivity contribution in [2.24, 2.45) is 0 Å². The molecule has 5 atom stereocenters. The van der Waals surface area contributed by atoms with Gasteiger partial charge in [-0.15, -0.1) is 11.8 Å². The highest BCUT2D eigenvalue weighted by Crippen LogP contribution is 2.45. The lowest BCUT2D eigenvalue weighted by Crippen LogP contribution is -2.66. The Balaban J connectivity index is 1.67. The van der Waals surface area contributed by atoms with Crippen molar-refractivity contribution in [2.45, 2.75) is 61.5 Å². The third-order valence-electron chi connectivity index (χ3n) is 6.51. The van der Waals surface area contributed by atoms with Crippen molar-refractivity contribution in [3.05, 3.63) is 108 Å². The summed E-state index contributed by atoms with van der Waals surface area (Å²) in [6.07, 6.45) is -0.638. The van der Waals surface area contributed by atoms with Gasteiger partial charge in [0.1, 0.15) is 22.7 Å². The van der Waals surface area contributed by atoms with Gasteiger partial charge >= 0.3 is 0 Å². The van der Waals surface area contributed by atoms with Gasteiger partial charge in [0, 0.05) is 25.7 Å². The van der Waals surface area contributed by atoms with Gasteiger partial charge < -0.3 is 20.1 Å². The van der Waals surface area contributed by atoms with Crippen molar-refractivity contribution >= 4 is 11.8 Å². The van der Waals surface area contributed by atoms with Crippen LogP contribution in [0.4, 0.5) is 0 Å². The van der Waals surface area contributed by atoms with E-state index in [0.717, 1.165) is 22.4 Å². The Morgan fingerprint density at radius 1 is 0.794 bits per heavy atom. The van der Waals surface area contributed by atoms with Crippen LogP contribution in [-0.4, -0.2) is 49.9 Å². The molecule has 1 aliphatic rings. The van der Waals surface area contributed by atoms with E-state index in [1.54, 1.807) is 0 Å². The number of rotatable bonds is 9. The predicted molar refractivity (Wildman–Crippen MR) is 138 cm³/mol.